The molecule has 4 heteroatoms. The molecule has 0 aliphatic heterocycles. The van der Waals surface area contributed by atoms with Crippen molar-refractivity contribution >= 4 is 11.8 Å². The second-order valence-corrected chi connectivity index (χ2v) is 5.94. The second-order valence-electron chi connectivity index (χ2n) is 4.89. The van der Waals surface area contributed by atoms with Crippen LogP contribution in [0.4, 0.5) is 8.78 Å². The van der Waals surface area contributed by atoms with Gasteiger partial charge in [0.15, 0.2) is 0 Å². The predicted octanol–water partition coefficient (Wildman–Crippen LogP) is 4.76. The van der Waals surface area contributed by atoms with E-state index in [1.807, 2.05) is 12.1 Å². The van der Waals surface area contributed by atoms with Gasteiger partial charge >= 0.3 is 0 Å². The molecule has 0 aliphatic carbocycles. The summed E-state index contributed by atoms with van der Waals surface area (Å²) in [5.41, 5.74) is 1.88. The predicted molar refractivity (Wildman–Crippen MR) is 84.4 cm³/mol. The van der Waals surface area contributed by atoms with E-state index in [4.69, 9.17) is 0 Å². The van der Waals surface area contributed by atoms with Crippen molar-refractivity contribution in [3.63, 3.8) is 0 Å². The van der Waals surface area contributed by atoms with Crippen LogP contribution in [0, 0.1) is 11.6 Å². The van der Waals surface area contributed by atoms with Gasteiger partial charge in [-0.25, -0.2) is 8.78 Å². The molecule has 2 aromatic rings. The Morgan fingerprint density at radius 2 is 1.76 bits per heavy atom. The van der Waals surface area contributed by atoms with Crippen molar-refractivity contribution in [1.29, 1.82) is 0 Å². The van der Waals surface area contributed by atoms with Crippen LogP contribution in [0.5, 0.6) is 0 Å². The molecule has 0 saturated carbocycles. The van der Waals surface area contributed by atoms with Gasteiger partial charge in [0.05, 0.1) is 0 Å². The van der Waals surface area contributed by atoms with Crippen LogP contribution in [0.2, 0.25) is 0 Å². The number of hydrogen-bond acceptors (Lipinski definition) is 2. The van der Waals surface area contributed by atoms with Gasteiger partial charge in [-0.05, 0) is 48.4 Å². The summed E-state index contributed by atoms with van der Waals surface area (Å²) in [5.74, 6) is -0.494. The number of rotatable bonds is 7. The molecule has 0 radical (unpaired) electrons. The second kappa shape index (κ2) is 8.15. The molecule has 0 spiro atoms. The third kappa shape index (κ3) is 5.48. The molecule has 0 unspecified atom stereocenters. The lowest BCUT2D eigenvalue weighted by molar-refractivity contribution is 0.581. The van der Waals surface area contributed by atoms with E-state index in [-0.39, 0.29) is 0 Å². The van der Waals surface area contributed by atoms with Crippen LogP contribution in [0.25, 0.3) is 0 Å². The maximum Gasteiger partial charge on any atom is 0.126 e. The van der Waals surface area contributed by atoms with Gasteiger partial charge in [0.1, 0.15) is 11.6 Å². The normalized spacial score (nSPS) is 10.8. The number of thioether (sulfide) groups is 1. The molecule has 1 N–H and O–H groups in total. The van der Waals surface area contributed by atoms with E-state index >= 15 is 0 Å². The van der Waals surface area contributed by atoms with Crippen LogP contribution in [0.1, 0.15) is 24.5 Å². The van der Waals surface area contributed by atoms with Crippen molar-refractivity contribution in [2.45, 2.75) is 30.5 Å². The maximum absolute atomic E-state index is 13.1. The topological polar surface area (TPSA) is 12.0 Å². The Balaban J connectivity index is 1.94. The molecule has 2 rings (SSSR count). The van der Waals surface area contributed by atoms with Gasteiger partial charge < -0.3 is 5.32 Å². The fourth-order valence-corrected chi connectivity index (χ4v) is 2.93. The summed E-state index contributed by atoms with van der Waals surface area (Å²) >= 11 is 1.58. The lowest BCUT2D eigenvalue weighted by atomic mass is 10.2. The Bertz CT molecular complexity index is 567. The molecule has 21 heavy (non-hydrogen) atoms. The highest BCUT2D eigenvalue weighted by molar-refractivity contribution is 7.98. The van der Waals surface area contributed by atoms with Gasteiger partial charge in [-0.2, -0.15) is 0 Å². The van der Waals surface area contributed by atoms with Gasteiger partial charge in [0.2, 0.25) is 0 Å². The van der Waals surface area contributed by atoms with Crippen molar-refractivity contribution in [3.05, 3.63) is 65.2 Å². The zero-order chi connectivity index (χ0) is 15.1. The van der Waals surface area contributed by atoms with Crippen LogP contribution in [-0.2, 0) is 12.3 Å². The number of benzene rings is 2. The van der Waals surface area contributed by atoms with Crippen molar-refractivity contribution in [3.8, 4) is 0 Å². The van der Waals surface area contributed by atoms with E-state index in [0.717, 1.165) is 30.5 Å². The quantitative estimate of drug-likeness (QED) is 0.585. The zero-order valence-electron chi connectivity index (χ0n) is 12.0. The molecule has 0 aliphatic rings. The minimum absolute atomic E-state index is 0.525. The monoisotopic (exact) mass is 307 g/mol. The van der Waals surface area contributed by atoms with Crippen LogP contribution in [0.3, 0.4) is 0 Å². The molecule has 1 nitrogen and oxygen atoms in total. The van der Waals surface area contributed by atoms with E-state index in [1.54, 1.807) is 11.8 Å². The molecule has 0 bridgehead atoms. The first-order valence-electron chi connectivity index (χ1n) is 7.05. The average molecular weight is 307 g/mol. The minimum atomic E-state index is -0.525. The summed E-state index contributed by atoms with van der Waals surface area (Å²) in [6.07, 6.45) is 1.11. The number of hydrogen-bond donors (Lipinski definition) is 1. The van der Waals surface area contributed by atoms with Crippen LogP contribution in [0.15, 0.2) is 47.4 Å². The largest absolute Gasteiger partial charge is 0.313 e. The molecule has 2 aromatic carbocycles. The van der Waals surface area contributed by atoms with Crippen molar-refractivity contribution < 1.29 is 8.78 Å². The summed E-state index contributed by atoms with van der Waals surface area (Å²) < 4.78 is 26.3. The molecular weight excluding hydrogens is 288 g/mol. The standard InChI is InChI=1S/C17H19F2NS/c1-2-6-20-11-13-4-3-5-17(9-13)21-12-14-7-15(18)10-16(19)8-14/h3-5,7-10,20H,2,6,11-12H2,1H3. The first-order valence-corrected chi connectivity index (χ1v) is 8.03. The van der Waals surface area contributed by atoms with Crippen LogP contribution >= 0.6 is 11.8 Å². The molecule has 0 atom stereocenters. The number of halogens is 2. The Morgan fingerprint density at radius 3 is 2.48 bits per heavy atom. The summed E-state index contributed by atoms with van der Waals surface area (Å²) in [6.45, 7) is 3.98. The smallest absolute Gasteiger partial charge is 0.126 e. The summed E-state index contributed by atoms with van der Waals surface area (Å²) in [4.78, 5) is 1.11. The van der Waals surface area contributed by atoms with Gasteiger partial charge in [-0.1, -0.05) is 19.1 Å². The lowest BCUT2D eigenvalue weighted by Crippen LogP contribution is -2.13. The van der Waals surface area contributed by atoms with Crippen LogP contribution < -0.4 is 5.32 Å². The highest BCUT2D eigenvalue weighted by Crippen LogP contribution is 2.24. The van der Waals surface area contributed by atoms with Crippen molar-refractivity contribution in [2.75, 3.05) is 6.54 Å². The molecule has 0 aromatic heterocycles. The minimum Gasteiger partial charge on any atom is -0.313 e. The highest BCUT2D eigenvalue weighted by atomic mass is 32.2. The highest BCUT2D eigenvalue weighted by Gasteiger charge is 2.02. The third-order valence-corrected chi connectivity index (χ3v) is 4.05. The Morgan fingerprint density at radius 1 is 1.00 bits per heavy atom. The van der Waals surface area contributed by atoms with E-state index in [9.17, 15) is 8.78 Å². The Hall–Kier alpha value is -1.39. The van der Waals surface area contributed by atoms with Crippen LogP contribution in [-0.4, -0.2) is 6.54 Å². The lowest BCUT2D eigenvalue weighted by Gasteiger charge is -2.07. The summed E-state index contributed by atoms with van der Waals surface area (Å²) in [6, 6.07) is 11.9. The van der Waals surface area contributed by atoms with E-state index in [1.165, 1.54) is 17.7 Å². The maximum atomic E-state index is 13.1. The SMILES string of the molecule is CCCNCc1cccc(SCc2cc(F)cc(F)c2)c1. The van der Waals surface area contributed by atoms with E-state index in [2.05, 4.69) is 24.4 Å². The summed E-state index contributed by atoms with van der Waals surface area (Å²) in [5, 5.41) is 3.36. The molecule has 112 valence electrons. The molecular formula is C17H19F2NS. The van der Waals surface area contributed by atoms with Gasteiger partial charge in [0, 0.05) is 23.3 Å². The third-order valence-electron chi connectivity index (χ3n) is 2.98. The fourth-order valence-electron chi connectivity index (χ4n) is 2.02. The first kappa shape index (κ1) is 16.0. The molecule has 0 heterocycles. The van der Waals surface area contributed by atoms with E-state index < -0.39 is 11.6 Å². The fraction of sp³-hybridized carbons (Fsp3) is 0.294. The first-order chi connectivity index (χ1) is 10.2. The zero-order valence-corrected chi connectivity index (χ0v) is 12.9. The van der Waals surface area contributed by atoms with Gasteiger partial charge in [0.25, 0.3) is 0 Å². The Kier molecular flexibility index (Phi) is 6.21. The average Bonchev–Trinajstić information content (AvgIpc) is 2.45. The summed E-state index contributed by atoms with van der Waals surface area (Å²) in [7, 11) is 0. The molecule has 0 amide bonds. The molecule has 0 saturated heterocycles. The van der Waals surface area contributed by atoms with Gasteiger partial charge in [-0.3, -0.25) is 0 Å². The number of nitrogens with one attached hydrogen (secondary N) is 1. The molecule has 0 fully saturated rings. The van der Waals surface area contributed by atoms with Crippen molar-refractivity contribution in [2.24, 2.45) is 0 Å². The van der Waals surface area contributed by atoms with Crippen molar-refractivity contribution in [1.82, 2.24) is 5.32 Å². The van der Waals surface area contributed by atoms with Gasteiger partial charge in [-0.15, -0.1) is 11.8 Å². The Labute approximate surface area is 128 Å². The van der Waals surface area contributed by atoms with E-state index in [0.29, 0.717) is 11.3 Å².